The highest BCUT2D eigenvalue weighted by atomic mass is 16.2. The number of benzene rings is 1. The second-order valence-electron chi connectivity index (χ2n) is 5.65. The predicted octanol–water partition coefficient (Wildman–Crippen LogP) is 0.855. The molecule has 0 aliphatic carbocycles. The van der Waals surface area contributed by atoms with E-state index in [0.29, 0.717) is 19.6 Å². The standard InChI is InChI=1S/C16H23N3O2/c1-13(2)19(10-14-6-4-3-5-7-14)12-16(21)18-9-8-17-15(20)11-18/h3-7,13H,8-12H2,1-2H3,(H,17,20). The van der Waals surface area contributed by atoms with E-state index in [9.17, 15) is 9.59 Å². The van der Waals surface area contributed by atoms with E-state index in [1.54, 1.807) is 4.90 Å². The Balaban J connectivity index is 1.96. The molecule has 0 spiro atoms. The van der Waals surface area contributed by atoms with E-state index in [1.165, 1.54) is 5.56 Å². The van der Waals surface area contributed by atoms with E-state index < -0.39 is 0 Å². The summed E-state index contributed by atoms with van der Waals surface area (Å²) >= 11 is 0. The van der Waals surface area contributed by atoms with Crippen molar-refractivity contribution in [1.82, 2.24) is 15.1 Å². The van der Waals surface area contributed by atoms with Crippen LogP contribution in [0.1, 0.15) is 19.4 Å². The van der Waals surface area contributed by atoms with Crippen LogP contribution in [0.2, 0.25) is 0 Å². The minimum Gasteiger partial charge on any atom is -0.353 e. The molecule has 0 bridgehead atoms. The Morgan fingerprint density at radius 3 is 2.67 bits per heavy atom. The molecule has 2 amide bonds. The van der Waals surface area contributed by atoms with Gasteiger partial charge in [0.2, 0.25) is 11.8 Å². The smallest absolute Gasteiger partial charge is 0.239 e. The first-order chi connectivity index (χ1) is 10.1. The van der Waals surface area contributed by atoms with Crippen LogP contribution in [0.25, 0.3) is 0 Å². The first-order valence-electron chi connectivity index (χ1n) is 7.38. The quantitative estimate of drug-likeness (QED) is 0.874. The van der Waals surface area contributed by atoms with Gasteiger partial charge in [-0.25, -0.2) is 0 Å². The van der Waals surface area contributed by atoms with Gasteiger partial charge >= 0.3 is 0 Å². The molecule has 1 aliphatic rings. The number of nitrogens with one attached hydrogen (secondary N) is 1. The van der Waals surface area contributed by atoms with Gasteiger partial charge in [0.1, 0.15) is 0 Å². The maximum Gasteiger partial charge on any atom is 0.239 e. The molecule has 5 heteroatoms. The summed E-state index contributed by atoms with van der Waals surface area (Å²) in [6.07, 6.45) is 0. The van der Waals surface area contributed by atoms with Crippen LogP contribution < -0.4 is 5.32 Å². The number of hydrogen-bond acceptors (Lipinski definition) is 3. The van der Waals surface area contributed by atoms with Crippen LogP contribution in [-0.4, -0.2) is 53.8 Å². The van der Waals surface area contributed by atoms with Crippen molar-refractivity contribution < 1.29 is 9.59 Å². The molecule has 2 rings (SSSR count). The monoisotopic (exact) mass is 289 g/mol. The third-order valence-corrected chi connectivity index (χ3v) is 3.69. The maximum absolute atomic E-state index is 12.4. The first-order valence-corrected chi connectivity index (χ1v) is 7.38. The number of nitrogens with zero attached hydrogens (tertiary/aromatic N) is 2. The summed E-state index contributed by atoms with van der Waals surface area (Å²) in [4.78, 5) is 27.5. The normalized spacial score (nSPS) is 15.4. The summed E-state index contributed by atoms with van der Waals surface area (Å²) in [6.45, 7) is 6.57. The van der Waals surface area contributed by atoms with Crippen LogP contribution in [0.4, 0.5) is 0 Å². The number of amides is 2. The van der Waals surface area contributed by atoms with Crippen molar-refractivity contribution in [2.24, 2.45) is 0 Å². The lowest BCUT2D eigenvalue weighted by molar-refractivity contribution is -0.139. The van der Waals surface area contributed by atoms with Crippen LogP contribution in [0.3, 0.4) is 0 Å². The number of hydrogen-bond donors (Lipinski definition) is 1. The van der Waals surface area contributed by atoms with E-state index in [-0.39, 0.29) is 24.4 Å². The SMILES string of the molecule is CC(C)N(CC(=O)N1CCNC(=O)C1)Cc1ccccc1. The van der Waals surface area contributed by atoms with Gasteiger partial charge in [0.25, 0.3) is 0 Å². The molecule has 1 fully saturated rings. The van der Waals surface area contributed by atoms with Crippen molar-refractivity contribution in [1.29, 1.82) is 0 Å². The summed E-state index contributed by atoms with van der Waals surface area (Å²) in [5.74, 6) is -0.0526. The summed E-state index contributed by atoms with van der Waals surface area (Å²) in [7, 11) is 0. The highest BCUT2D eigenvalue weighted by Gasteiger charge is 2.23. The Kier molecular flexibility index (Phi) is 5.33. The molecule has 1 saturated heterocycles. The molecular formula is C16H23N3O2. The zero-order valence-electron chi connectivity index (χ0n) is 12.7. The maximum atomic E-state index is 12.4. The molecule has 0 unspecified atom stereocenters. The van der Waals surface area contributed by atoms with E-state index in [0.717, 1.165) is 6.54 Å². The summed E-state index contributed by atoms with van der Waals surface area (Å²) in [6, 6.07) is 10.4. The van der Waals surface area contributed by atoms with Crippen LogP contribution in [0, 0.1) is 0 Å². The molecule has 5 nitrogen and oxygen atoms in total. The van der Waals surface area contributed by atoms with Crippen molar-refractivity contribution in [2.45, 2.75) is 26.4 Å². The lowest BCUT2D eigenvalue weighted by Crippen LogP contribution is -2.52. The third kappa shape index (κ3) is 4.56. The molecule has 1 heterocycles. The van der Waals surface area contributed by atoms with E-state index in [1.807, 2.05) is 18.2 Å². The average molecular weight is 289 g/mol. The van der Waals surface area contributed by atoms with Crippen LogP contribution in [0.15, 0.2) is 30.3 Å². The molecule has 0 radical (unpaired) electrons. The molecule has 0 aromatic heterocycles. The summed E-state index contributed by atoms with van der Waals surface area (Å²) in [5.41, 5.74) is 1.19. The minimum atomic E-state index is -0.0752. The van der Waals surface area contributed by atoms with Crippen molar-refractivity contribution in [3.05, 3.63) is 35.9 Å². The van der Waals surface area contributed by atoms with Gasteiger partial charge in [0.15, 0.2) is 0 Å². The summed E-state index contributed by atoms with van der Waals surface area (Å²) < 4.78 is 0. The lowest BCUT2D eigenvalue weighted by Gasteiger charge is -2.31. The van der Waals surface area contributed by atoms with Gasteiger partial charge in [-0.2, -0.15) is 0 Å². The topological polar surface area (TPSA) is 52.7 Å². The van der Waals surface area contributed by atoms with Crippen molar-refractivity contribution in [3.8, 4) is 0 Å². The average Bonchev–Trinajstić information content (AvgIpc) is 2.47. The van der Waals surface area contributed by atoms with Crippen molar-refractivity contribution in [3.63, 3.8) is 0 Å². The Labute approximate surface area is 125 Å². The molecule has 21 heavy (non-hydrogen) atoms. The number of piperazine rings is 1. The van der Waals surface area contributed by atoms with E-state index >= 15 is 0 Å². The first kappa shape index (κ1) is 15.5. The van der Waals surface area contributed by atoms with Gasteiger partial charge in [0.05, 0.1) is 13.1 Å². The van der Waals surface area contributed by atoms with Gasteiger partial charge in [-0.05, 0) is 19.4 Å². The van der Waals surface area contributed by atoms with Crippen LogP contribution in [-0.2, 0) is 16.1 Å². The van der Waals surface area contributed by atoms with E-state index in [2.05, 4.69) is 36.2 Å². The zero-order chi connectivity index (χ0) is 15.2. The van der Waals surface area contributed by atoms with Gasteiger partial charge in [-0.3, -0.25) is 14.5 Å². The van der Waals surface area contributed by atoms with E-state index in [4.69, 9.17) is 0 Å². The Bertz CT molecular complexity index is 488. The van der Waals surface area contributed by atoms with Gasteiger partial charge in [-0.15, -0.1) is 0 Å². The van der Waals surface area contributed by atoms with Crippen molar-refractivity contribution in [2.75, 3.05) is 26.2 Å². The fourth-order valence-electron chi connectivity index (χ4n) is 2.36. The van der Waals surface area contributed by atoms with Crippen LogP contribution in [0.5, 0.6) is 0 Å². The highest BCUT2D eigenvalue weighted by molar-refractivity contribution is 5.86. The molecular weight excluding hydrogens is 266 g/mol. The molecule has 1 aromatic carbocycles. The minimum absolute atomic E-state index is 0.0227. The number of carbonyl (C=O) groups is 2. The highest BCUT2D eigenvalue weighted by Crippen LogP contribution is 2.09. The molecule has 1 aromatic rings. The lowest BCUT2D eigenvalue weighted by atomic mass is 10.2. The van der Waals surface area contributed by atoms with Crippen LogP contribution >= 0.6 is 0 Å². The Hall–Kier alpha value is -1.88. The van der Waals surface area contributed by atoms with Gasteiger partial charge < -0.3 is 10.2 Å². The predicted molar refractivity (Wildman–Crippen MR) is 81.6 cm³/mol. The second kappa shape index (κ2) is 7.22. The number of rotatable bonds is 5. The molecule has 114 valence electrons. The van der Waals surface area contributed by atoms with Gasteiger partial charge in [0, 0.05) is 25.7 Å². The van der Waals surface area contributed by atoms with Crippen molar-refractivity contribution >= 4 is 11.8 Å². The second-order valence-corrected chi connectivity index (χ2v) is 5.65. The third-order valence-electron chi connectivity index (χ3n) is 3.69. The Morgan fingerprint density at radius 1 is 1.33 bits per heavy atom. The fourth-order valence-corrected chi connectivity index (χ4v) is 2.36. The molecule has 0 saturated carbocycles. The Morgan fingerprint density at radius 2 is 2.05 bits per heavy atom. The molecule has 1 N–H and O–H groups in total. The zero-order valence-corrected chi connectivity index (χ0v) is 12.7. The molecule has 0 atom stereocenters. The van der Waals surface area contributed by atoms with Gasteiger partial charge in [-0.1, -0.05) is 30.3 Å². The fraction of sp³-hybridized carbons (Fsp3) is 0.500. The number of carbonyl (C=O) groups excluding carboxylic acids is 2. The summed E-state index contributed by atoms with van der Waals surface area (Å²) in [5, 5.41) is 2.74. The largest absolute Gasteiger partial charge is 0.353 e. The molecule has 1 aliphatic heterocycles.